The standard InChI is InChI=1S/C15H24N6O2.HI/c1-5-12-11(13(6-2)23-20-12)8-17-15(16-7-3)18-9-14-19-10(4)22-21-14;/h5-9H2,1-4H3,(H2,16,17,18);1H. The SMILES string of the molecule is CCNC(=NCc1c(CC)noc1CC)NCc1noc(C)n1.I. The number of nitrogens with zero attached hydrogens (tertiary/aromatic N) is 4. The van der Waals surface area contributed by atoms with Crippen molar-refractivity contribution in [3.8, 4) is 0 Å². The van der Waals surface area contributed by atoms with Gasteiger partial charge in [-0.3, -0.25) is 0 Å². The van der Waals surface area contributed by atoms with Crippen molar-refractivity contribution in [2.24, 2.45) is 4.99 Å². The minimum Gasteiger partial charge on any atom is -0.361 e. The molecule has 2 aromatic rings. The first-order valence-electron chi connectivity index (χ1n) is 7.95. The van der Waals surface area contributed by atoms with E-state index in [2.05, 4.69) is 44.8 Å². The zero-order valence-electron chi connectivity index (χ0n) is 14.5. The summed E-state index contributed by atoms with van der Waals surface area (Å²) in [4.78, 5) is 8.76. The molecule has 0 radical (unpaired) electrons. The number of hydrogen-bond acceptors (Lipinski definition) is 6. The van der Waals surface area contributed by atoms with Gasteiger partial charge in [0.2, 0.25) is 5.89 Å². The Balaban J connectivity index is 0.00000288. The van der Waals surface area contributed by atoms with Crippen LogP contribution < -0.4 is 10.6 Å². The van der Waals surface area contributed by atoms with Gasteiger partial charge in [-0.05, 0) is 13.3 Å². The van der Waals surface area contributed by atoms with Gasteiger partial charge in [0, 0.05) is 25.5 Å². The molecule has 0 fully saturated rings. The Morgan fingerprint density at radius 2 is 1.88 bits per heavy atom. The van der Waals surface area contributed by atoms with Crippen molar-refractivity contribution >= 4 is 29.9 Å². The molecule has 2 rings (SSSR count). The topological polar surface area (TPSA) is 101 Å². The third-order valence-electron chi connectivity index (χ3n) is 3.33. The van der Waals surface area contributed by atoms with E-state index in [4.69, 9.17) is 9.05 Å². The second-order valence-electron chi connectivity index (χ2n) is 5.02. The molecule has 0 bridgehead atoms. The summed E-state index contributed by atoms with van der Waals surface area (Å²) < 4.78 is 10.3. The Morgan fingerprint density at radius 1 is 1.08 bits per heavy atom. The highest BCUT2D eigenvalue weighted by atomic mass is 127. The van der Waals surface area contributed by atoms with Gasteiger partial charge in [0.1, 0.15) is 5.76 Å². The lowest BCUT2D eigenvalue weighted by molar-refractivity contribution is 0.380. The summed E-state index contributed by atoms with van der Waals surface area (Å²) in [5.74, 6) is 2.74. The van der Waals surface area contributed by atoms with Crippen molar-refractivity contribution < 1.29 is 9.05 Å². The molecule has 0 aliphatic heterocycles. The first-order valence-corrected chi connectivity index (χ1v) is 7.95. The molecule has 24 heavy (non-hydrogen) atoms. The first kappa shape index (κ1) is 20.4. The van der Waals surface area contributed by atoms with Crippen LogP contribution in [0.1, 0.15) is 49.5 Å². The van der Waals surface area contributed by atoms with Gasteiger partial charge in [0.15, 0.2) is 11.8 Å². The van der Waals surface area contributed by atoms with Gasteiger partial charge >= 0.3 is 0 Å². The lowest BCUT2D eigenvalue weighted by atomic mass is 10.1. The molecule has 134 valence electrons. The normalized spacial score (nSPS) is 11.2. The predicted molar refractivity (Wildman–Crippen MR) is 101 cm³/mol. The second kappa shape index (κ2) is 10.3. The molecule has 2 aromatic heterocycles. The van der Waals surface area contributed by atoms with Crippen LogP contribution >= 0.6 is 24.0 Å². The van der Waals surface area contributed by atoms with Gasteiger partial charge in [-0.15, -0.1) is 24.0 Å². The molecule has 2 N–H and O–H groups in total. The zero-order chi connectivity index (χ0) is 16.7. The van der Waals surface area contributed by atoms with Crippen molar-refractivity contribution in [1.82, 2.24) is 25.9 Å². The summed E-state index contributed by atoms with van der Waals surface area (Å²) in [5.41, 5.74) is 2.04. The van der Waals surface area contributed by atoms with Gasteiger partial charge in [-0.1, -0.05) is 24.2 Å². The first-order chi connectivity index (χ1) is 11.2. The molecule has 0 unspecified atom stereocenters. The van der Waals surface area contributed by atoms with Gasteiger partial charge in [0.05, 0.1) is 18.8 Å². The quantitative estimate of drug-likeness (QED) is 0.381. The molecule has 0 aromatic carbocycles. The van der Waals surface area contributed by atoms with Crippen molar-refractivity contribution in [1.29, 1.82) is 0 Å². The van der Waals surface area contributed by atoms with Crippen LogP contribution in [-0.4, -0.2) is 27.8 Å². The van der Waals surface area contributed by atoms with Crippen LogP contribution in [0.3, 0.4) is 0 Å². The average molecular weight is 448 g/mol. The lowest BCUT2D eigenvalue weighted by Gasteiger charge is -2.09. The minimum atomic E-state index is 0. The van der Waals surface area contributed by atoms with Crippen molar-refractivity contribution in [3.05, 3.63) is 28.7 Å². The smallest absolute Gasteiger partial charge is 0.223 e. The highest BCUT2D eigenvalue weighted by Gasteiger charge is 2.13. The molecule has 0 saturated carbocycles. The fourth-order valence-electron chi connectivity index (χ4n) is 2.19. The van der Waals surface area contributed by atoms with Crippen LogP contribution in [-0.2, 0) is 25.9 Å². The second-order valence-corrected chi connectivity index (χ2v) is 5.02. The number of aromatic nitrogens is 3. The number of hydrogen-bond donors (Lipinski definition) is 2. The number of halogens is 1. The number of aliphatic imine (C=N–C) groups is 1. The highest BCUT2D eigenvalue weighted by Crippen LogP contribution is 2.16. The Kier molecular flexibility index (Phi) is 8.72. The molecule has 0 aliphatic carbocycles. The summed E-state index contributed by atoms with van der Waals surface area (Å²) in [6, 6.07) is 0. The molecule has 9 heteroatoms. The molecule has 0 spiro atoms. The molecular formula is C15H25IN6O2. The number of nitrogens with one attached hydrogen (secondary N) is 2. The summed E-state index contributed by atoms with van der Waals surface area (Å²) in [6.45, 7) is 9.64. The molecule has 0 aliphatic rings. The molecular weight excluding hydrogens is 423 g/mol. The largest absolute Gasteiger partial charge is 0.361 e. The zero-order valence-corrected chi connectivity index (χ0v) is 16.9. The minimum absolute atomic E-state index is 0. The summed E-state index contributed by atoms with van der Waals surface area (Å²) in [5, 5.41) is 14.4. The van der Waals surface area contributed by atoms with Crippen molar-refractivity contribution in [2.45, 2.75) is 53.6 Å². The van der Waals surface area contributed by atoms with Crippen LogP contribution in [0.5, 0.6) is 0 Å². The molecule has 0 amide bonds. The Morgan fingerprint density at radius 3 is 2.46 bits per heavy atom. The average Bonchev–Trinajstić information content (AvgIpc) is 3.15. The van der Waals surface area contributed by atoms with Gasteiger partial charge in [-0.2, -0.15) is 4.98 Å². The van der Waals surface area contributed by atoms with Crippen LogP contribution in [0.4, 0.5) is 0 Å². The summed E-state index contributed by atoms with van der Waals surface area (Å²) >= 11 is 0. The van der Waals surface area contributed by atoms with E-state index in [1.165, 1.54) is 0 Å². The predicted octanol–water partition coefficient (Wildman–Crippen LogP) is 2.36. The van der Waals surface area contributed by atoms with Crippen LogP contribution in [0.2, 0.25) is 0 Å². The molecule has 8 nitrogen and oxygen atoms in total. The fourth-order valence-corrected chi connectivity index (χ4v) is 2.19. The van der Waals surface area contributed by atoms with E-state index in [-0.39, 0.29) is 24.0 Å². The summed E-state index contributed by atoms with van der Waals surface area (Å²) in [7, 11) is 0. The van der Waals surface area contributed by atoms with Gasteiger partial charge in [-0.25, -0.2) is 4.99 Å². The third-order valence-corrected chi connectivity index (χ3v) is 3.33. The van der Waals surface area contributed by atoms with E-state index >= 15 is 0 Å². The lowest BCUT2D eigenvalue weighted by Crippen LogP contribution is -2.37. The maximum atomic E-state index is 5.37. The monoisotopic (exact) mass is 448 g/mol. The Hall–Kier alpha value is -1.65. The Bertz CT molecular complexity index is 631. The molecule has 2 heterocycles. The van der Waals surface area contributed by atoms with E-state index in [0.29, 0.717) is 30.8 Å². The van der Waals surface area contributed by atoms with Gasteiger partial charge < -0.3 is 19.7 Å². The Labute approximate surface area is 158 Å². The van der Waals surface area contributed by atoms with Gasteiger partial charge in [0.25, 0.3) is 0 Å². The van der Waals surface area contributed by atoms with E-state index in [9.17, 15) is 0 Å². The number of rotatable bonds is 7. The molecule has 0 saturated heterocycles. The number of guanidine groups is 1. The third kappa shape index (κ3) is 5.46. The van der Waals surface area contributed by atoms with Crippen LogP contribution in [0, 0.1) is 6.92 Å². The maximum Gasteiger partial charge on any atom is 0.223 e. The van der Waals surface area contributed by atoms with Crippen LogP contribution in [0.25, 0.3) is 0 Å². The van der Waals surface area contributed by atoms with Crippen LogP contribution in [0.15, 0.2) is 14.0 Å². The fraction of sp³-hybridized carbons (Fsp3) is 0.600. The molecule has 0 atom stereocenters. The highest BCUT2D eigenvalue weighted by molar-refractivity contribution is 14.0. The summed E-state index contributed by atoms with van der Waals surface area (Å²) in [6.07, 6.45) is 1.64. The van der Waals surface area contributed by atoms with E-state index in [1.54, 1.807) is 6.92 Å². The van der Waals surface area contributed by atoms with Crippen molar-refractivity contribution in [3.63, 3.8) is 0 Å². The maximum absolute atomic E-state index is 5.37. The van der Waals surface area contributed by atoms with E-state index in [0.717, 1.165) is 36.4 Å². The van der Waals surface area contributed by atoms with E-state index < -0.39 is 0 Å². The van der Waals surface area contributed by atoms with E-state index in [1.807, 2.05) is 6.92 Å². The van der Waals surface area contributed by atoms with Crippen molar-refractivity contribution in [2.75, 3.05) is 6.54 Å². The number of aryl methyl sites for hydroxylation is 3.